The third-order valence-corrected chi connectivity index (χ3v) is 5.01. The summed E-state index contributed by atoms with van der Waals surface area (Å²) in [5, 5.41) is 0. The molecular weight excluding hydrogens is 294 g/mol. The summed E-state index contributed by atoms with van der Waals surface area (Å²) in [6.07, 6.45) is 3.65. The maximum atomic E-state index is 12.3. The van der Waals surface area contributed by atoms with Crippen LogP contribution in [0.3, 0.4) is 0 Å². The molecule has 2 heterocycles. The van der Waals surface area contributed by atoms with Crippen LogP contribution in [-0.4, -0.2) is 86.5 Å². The molecule has 2 rings (SSSR count). The molecule has 0 bridgehead atoms. The van der Waals surface area contributed by atoms with Gasteiger partial charge in [-0.15, -0.1) is 0 Å². The van der Waals surface area contributed by atoms with Crippen LogP contribution >= 0.6 is 0 Å². The molecule has 2 saturated heterocycles. The fourth-order valence-corrected chi connectivity index (χ4v) is 3.66. The van der Waals surface area contributed by atoms with Gasteiger partial charge in [-0.3, -0.25) is 9.59 Å². The van der Waals surface area contributed by atoms with Gasteiger partial charge in [-0.2, -0.15) is 0 Å². The zero-order valence-corrected chi connectivity index (χ0v) is 14.8. The summed E-state index contributed by atoms with van der Waals surface area (Å²) in [5.41, 5.74) is 0.0837. The quantitative estimate of drug-likeness (QED) is 0.725. The van der Waals surface area contributed by atoms with Crippen molar-refractivity contribution in [2.45, 2.75) is 32.6 Å². The Hall–Kier alpha value is -1.14. The molecule has 0 aromatic heterocycles. The average molecular weight is 325 g/mol. The summed E-state index contributed by atoms with van der Waals surface area (Å²) in [7, 11) is 4.05. The standard InChI is InChI=1S/C17H31N3O3/c1-4-23-12-16(22)19-9-5-7-17(13-19)8-6-15(21)20(14-17)11-10-18(2)3/h4-14H2,1-3H3. The van der Waals surface area contributed by atoms with Crippen LogP contribution in [0.4, 0.5) is 0 Å². The van der Waals surface area contributed by atoms with E-state index in [1.807, 2.05) is 30.8 Å². The number of rotatable bonds is 6. The van der Waals surface area contributed by atoms with Crippen LogP contribution in [0.25, 0.3) is 0 Å². The zero-order chi connectivity index (χ0) is 16.9. The molecule has 0 radical (unpaired) electrons. The lowest BCUT2D eigenvalue weighted by molar-refractivity contribution is -0.145. The van der Waals surface area contributed by atoms with Crippen LogP contribution in [-0.2, 0) is 14.3 Å². The van der Waals surface area contributed by atoms with E-state index in [1.54, 1.807) is 0 Å². The Bertz CT molecular complexity index is 427. The van der Waals surface area contributed by atoms with Crippen molar-refractivity contribution in [3.63, 3.8) is 0 Å². The predicted octanol–water partition coefficient (Wildman–Crippen LogP) is 0.816. The van der Waals surface area contributed by atoms with Gasteiger partial charge in [-0.1, -0.05) is 0 Å². The van der Waals surface area contributed by atoms with E-state index in [0.717, 1.165) is 52.0 Å². The molecule has 1 atom stereocenters. The van der Waals surface area contributed by atoms with Crippen molar-refractivity contribution in [2.24, 2.45) is 5.41 Å². The molecule has 23 heavy (non-hydrogen) atoms. The molecule has 132 valence electrons. The van der Waals surface area contributed by atoms with Crippen LogP contribution in [0.15, 0.2) is 0 Å². The second kappa shape index (κ2) is 8.11. The Morgan fingerprint density at radius 2 is 2.09 bits per heavy atom. The number of hydrogen-bond donors (Lipinski definition) is 0. The highest BCUT2D eigenvalue weighted by molar-refractivity contribution is 5.78. The first-order valence-electron chi connectivity index (χ1n) is 8.74. The van der Waals surface area contributed by atoms with Gasteiger partial charge in [-0.25, -0.2) is 0 Å². The van der Waals surface area contributed by atoms with E-state index < -0.39 is 0 Å². The number of likely N-dealkylation sites (N-methyl/N-ethyl adjacent to an activating group) is 1. The van der Waals surface area contributed by atoms with Crippen molar-refractivity contribution >= 4 is 11.8 Å². The van der Waals surface area contributed by atoms with Crippen LogP contribution in [0.2, 0.25) is 0 Å². The molecule has 0 aliphatic carbocycles. The molecule has 6 nitrogen and oxygen atoms in total. The van der Waals surface area contributed by atoms with Gasteiger partial charge in [0.05, 0.1) is 0 Å². The number of ether oxygens (including phenoxy) is 1. The summed E-state index contributed by atoms with van der Waals surface area (Å²) >= 11 is 0. The lowest BCUT2D eigenvalue weighted by Crippen LogP contribution is -2.56. The number of likely N-dealkylation sites (tertiary alicyclic amines) is 2. The summed E-state index contributed by atoms with van der Waals surface area (Å²) in [6, 6.07) is 0. The van der Waals surface area contributed by atoms with Gasteiger partial charge < -0.3 is 19.4 Å². The molecule has 0 aromatic rings. The minimum absolute atomic E-state index is 0.0837. The highest BCUT2D eigenvalue weighted by Gasteiger charge is 2.42. The van der Waals surface area contributed by atoms with Crippen LogP contribution in [0.5, 0.6) is 0 Å². The van der Waals surface area contributed by atoms with Gasteiger partial charge in [0.1, 0.15) is 6.61 Å². The minimum atomic E-state index is 0.0837. The van der Waals surface area contributed by atoms with Crippen molar-refractivity contribution in [3.05, 3.63) is 0 Å². The normalized spacial score (nSPS) is 25.5. The van der Waals surface area contributed by atoms with Gasteiger partial charge in [0.25, 0.3) is 0 Å². The minimum Gasteiger partial charge on any atom is -0.372 e. The number of nitrogens with zero attached hydrogens (tertiary/aromatic N) is 3. The van der Waals surface area contributed by atoms with E-state index >= 15 is 0 Å². The molecule has 2 amide bonds. The largest absolute Gasteiger partial charge is 0.372 e. The SMILES string of the molecule is CCOCC(=O)N1CCCC2(CCC(=O)N(CCN(C)C)C2)C1. The Labute approximate surface area is 139 Å². The Kier molecular flexibility index (Phi) is 6.41. The number of carbonyl (C=O) groups excluding carboxylic acids is 2. The number of amides is 2. The number of carbonyl (C=O) groups is 2. The van der Waals surface area contributed by atoms with Crippen molar-refractivity contribution in [1.29, 1.82) is 0 Å². The van der Waals surface area contributed by atoms with Crippen LogP contribution in [0.1, 0.15) is 32.6 Å². The molecule has 0 N–H and O–H groups in total. The summed E-state index contributed by atoms with van der Waals surface area (Å²) < 4.78 is 5.27. The Balaban J connectivity index is 1.96. The summed E-state index contributed by atoms with van der Waals surface area (Å²) in [6.45, 7) is 6.69. The summed E-state index contributed by atoms with van der Waals surface area (Å²) in [5.74, 6) is 0.345. The van der Waals surface area contributed by atoms with Crippen molar-refractivity contribution in [2.75, 3.05) is 60.0 Å². The lowest BCUT2D eigenvalue weighted by Gasteiger charge is -2.48. The predicted molar refractivity (Wildman–Crippen MR) is 89.1 cm³/mol. The van der Waals surface area contributed by atoms with E-state index in [4.69, 9.17) is 4.74 Å². The van der Waals surface area contributed by atoms with Gasteiger partial charge in [0, 0.05) is 51.2 Å². The molecule has 2 aliphatic rings. The van der Waals surface area contributed by atoms with E-state index in [9.17, 15) is 9.59 Å². The van der Waals surface area contributed by atoms with Crippen molar-refractivity contribution in [3.8, 4) is 0 Å². The topological polar surface area (TPSA) is 53.1 Å². The van der Waals surface area contributed by atoms with Crippen LogP contribution in [0, 0.1) is 5.41 Å². The molecule has 1 spiro atoms. The molecule has 6 heteroatoms. The fourth-order valence-electron chi connectivity index (χ4n) is 3.66. The van der Waals surface area contributed by atoms with Gasteiger partial charge in [-0.05, 0) is 40.3 Å². The van der Waals surface area contributed by atoms with Gasteiger partial charge >= 0.3 is 0 Å². The Morgan fingerprint density at radius 3 is 2.78 bits per heavy atom. The number of hydrogen-bond acceptors (Lipinski definition) is 4. The second-order valence-electron chi connectivity index (χ2n) is 7.17. The first-order chi connectivity index (χ1) is 11.0. The highest BCUT2D eigenvalue weighted by Crippen LogP contribution is 2.38. The van der Waals surface area contributed by atoms with E-state index in [0.29, 0.717) is 13.0 Å². The van der Waals surface area contributed by atoms with Crippen molar-refractivity contribution < 1.29 is 14.3 Å². The van der Waals surface area contributed by atoms with E-state index in [2.05, 4.69) is 4.90 Å². The molecule has 0 saturated carbocycles. The maximum absolute atomic E-state index is 12.3. The lowest BCUT2D eigenvalue weighted by atomic mass is 9.73. The second-order valence-corrected chi connectivity index (χ2v) is 7.17. The Morgan fingerprint density at radius 1 is 1.30 bits per heavy atom. The number of piperidine rings is 2. The molecule has 2 fully saturated rings. The molecular formula is C17H31N3O3. The monoisotopic (exact) mass is 325 g/mol. The molecule has 2 aliphatic heterocycles. The average Bonchev–Trinajstić information content (AvgIpc) is 2.54. The first kappa shape index (κ1) is 18.2. The van der Waals surface area contributed by atoms with E-state index in [-0.39, 0.29) is 23.8 Å². The third kappa shape index (κ3) is 4.91. The molecule has 0 aromatic carbocycles. The summed E-state index contributed by atoms with van der Waals surface area (Å²) in [4.78, 5) is 30.5. The smallest absolute Gasteiger partial charge is 0.248 e. The maximum Gasteiger partial charge on any atom is 0.248 e. The van der Waals surface area contributed by atoms with Crippen LogP contribution < -0.4 is 0 Å². The van der Waals surface area contributed by atoms with E-state index in [1.165, 1.54) is 0 Å². The van der Waals surface area contributed by atoms with Crippen molar-refractivity contribution in [1.82, 2.24) is 14.7 Å². The third-order valence-electron chi connectivity index (χ3n) is 5.01. The van der Waals surface area contributed by atoms with Gasteiger partial charge in [0.2, 0.25) is 11.8 Å². The first-order valence-corrected chi connectivity index (χ1v) is 8.74. The van der Waals surface area contributed by atoms with Gasteiger partial charge in [0.15, 0.2) is 0 Å². The molecule has 1 unspecified atom stereocenters. The highest BCUT2D eigenvalue weighted by atomic mass is 16.5. The fraction of sp³-hybridized carbons (Fsp3) is 0.882. The zero-order valence-electron chi connectivity index (χ0n) is 14.8.